The number of carbonyl (C=O) groups is 2. The van der Waals surface area contributed by atoms with Gasteiger partial charge in [0, 0.05) is 31.0 Å². The average molecular weight is 391 g/mol. The lowest BCUT2D eigenvalue weighted by molar-refractivity contribution is -0.141. The van der Waals surface area contributed by atoms with E-state index < -0.39 is 30.4 Å². The highest BCUT2D eigenvalue weighted by molar-refractivity contribution is 5.96. The highest BCUT2D eigenvalue weighted by atomic mass is 19.4. The molecule has 0 radical (unpaired) electrons. The smallest absolute Gasteiger partial charge is 0.389 e. The second-order valence-electron chi connectivity index (χ2n) is 6.94. The molecule has 0 spiro atoms. The van der Waals surface area contributed by atoms with Crippen LogP contribution < -0.4 is 0 Å². The van der Waals surface area contributed by atoms with Gasteiger partial charge >= 0.3 is 12.1 Å². The van der Waals surface area contributed by atoms with E-state index in [-0.39, 0.29) is 31.0 Å². The molecule has 4 nitrogen and oxygen atoms in total. The molecular formula is C21H20F3NO3. The lowest BCUT2D eigenvalue weighted by Crippen LogP contribution is -2.30. The number of rotatable bonds is 5. The number of amides is 1. The van der Waals surface area contributed by atoms with Crippen molar-refractivity contribution in [2.24, 2.45) is 5.92 Å². The summed E-state index contributed by atoms with van der Waals surface area (Å²) in [4.78, 5) is 26.1. The molecule has 1 amide bonds. The minimum absolute atomic E-state index is 0.0291. The third kappa shape index (κ3) is 4.52. The SMILES string of the molecule is O=C(O)[C@@H]1CN(C(=O)c2ccccc2CCC(F)(F)F)C[C@H]1c1ccccc1. The fraction of sp³-hybridized carbons (Fsp3) is 0.333. The van der Waals surface area contributed by atoms with Gasteiger partial charge in [0.1, 0.15) is 0 Å². The van der Waals surface area contributed by atoms with E-state index in [1.807, 2.05) is 30.3 Å². The third-order valence-corrected chi connectivity index (χ3v) is 5.08. The van der Waals surface area contributed by atoms with E-state index in [9.17, 15) is 27.9 Å². The van der Waals surface area contributed by atoms with Crippen LogP contribution in [0.3, 0.4) is 0 Å². The van der Waals surface area contributed by atoms with E-state index in [4.69, 9.17) is 0 Å². The number of carboxylic acid groups (broad SMARTS) is 1. The lowest BCUT2D eigenvalue weighted by Gasteiger charge is -2.19. The van der Waals surface area contributed by atoms with Crippen molar-refractivity contribution in [2.75, 3.05) is 13.1 Å². The quantitative estimate of drug-likeness (QED) is 0.834. The molecule has 1 N–H and O–H groups in total. The van der Waals surface area contributed by atoms with Crippen molar-refractivity contribution in [3.05, 3.63) is 71.3 Å². The molecule has 0 saturated carbocycles. The van der Waals surface area contributed by atoms with Crippen LogP contribution in [0.5, 0.6) is 0 Å². The van der Waals surface area contributed by atoms with Crippen LogP contribution in [0.4, 0.5) is 13.2 Å². The number of likely N-dealkylation sites (tertiary alicyclic amines) is 1. The van der Waals surface area contributed by atoms with Crippen molar-refractivity contribution in [3.8, 4) is 0 Å². The summed E-state index contributed by atoms with van der Waals surface area (Å²) < 4.78 is 37.8. The number of carbonyl (C=O) groups excluding carboxylic acids is 1. The Hall–Kier alpha value is -2.83. The number of hydrogen-bond acceptors (Lipinski definition) is 2. The first-order valence-corrected chi connectivity index (χ1v) is 8.98. The zero-order valence-electron chi connectivity index (χ0n) is 15.0. The lowest BCUT2D eigenvalue weighted by atomic mass is 9.89. The van der Waals surface area contributed by atoms with Gasteiger partial charge in [-0.1, -0.05) is 48.5 Å². The van der Waals surface area contributed by atoms with Crippen molar-refractivity contribution < 1.29 is 27.9 Å². The van der Waals surface area contributed by atoms with E-state index in [2.05, 4.69) is 0 Å². The van der Waals surface area contributed by atoms with Gasteiger partial charge in [-0.15, -0.1) is 0 Å². The van der Waals surface area contributed by atoms with Crippen LogP contribution in [-0.4, -0.2) is 41.1 Å². The standard InChI is InChI=1S/C21H20F3NO3/c22-21(23,24)11-10-15-8-4-5-9-16(15)19(26)25-12-17(18(13-25)20(27)28)14-6-2-1-3-7-14/h1-9,17-18H,10-13H2,(H,27,28)/t17-,18+/m0/s1. The summed E-state index contributed by atoms with van der Waals surface area (Å²) in [6.45, 7) is 0.245. The summed E-state index contributed by atoms with van der Waals surface area (Å²) >= 11 is 0. The first-order chi connectivity index (χ1) is 13.3. The maximum Gasteiger partial charge on any atom is 0.389 e. The number of carboxylic acids is 1. The Bertz CT molecular complexity index is 851. The molecule has 3 rings (SSSR count). The predicted octanol–water partition coefficient (Wildman–Crippen LogP) is 4.12. The van der Waals surface area contributed by atoms with Gasteiger partial charge in [0.15, 0.2) is 0 Å². The van der Waals surface area contributed by atoms with E-state index in [0.717, 1.165) is 5.56 Å². The molecule has 7 heteroatoms. The number of aliphatic carboxylic acids is 1. The predicted molar refractivity (Wildman–Crippen MR) is 97.0 cm³/mol. The Morgan fingerprint density at radius 1 is 1.00 bits per heavy atom. The second-order valence-corrected chi connectivity index (χ2v) is 6.94. The molecule has 1 heterocycles. The first-order valence-electron chi connectivity index (χ1n) is 8.98. The summed E-state index contributed by atoms with van der Waals surface area (Å²) in [7, 11) is 0. The van der Waals surface area contributed by atoms with Gasteiger partial charge in [0.05, 0.1) is 5.92 Å². The molecule has 1 fully saturated rings. The molecule has 0 aliphatic carbocycles. The minimum atomic E-state index is -4.31. The molecule has 1 aliphatic heterocycles. The molecule has 148 valence electrons. The van der Waals surface area contributed by atoms with Gasteiger partial charge in [-0.3, -0.25) is 9.59 Å². The molecule has 28 heavy (non-hydrogen) atoms. The summed E-state index contributed by atoms with van der Waals surface area (Å²) in [6.07, 6.45) is -5.61. The summed E-state index contributed by atoms with van der Waals surface area (Å²) in [5, 5.41) is 9.58. The van der Waals surface area contributed by atoms with Crippen molar-refractivity contribution >= 4 is 11.9 Å². The topological polar surface area (TPSA) is 57.6 Å². The van der Waals surface area contributed by atoms with Crippen LogP contribution in [0.15, 0.2) is 54.6 Å². The van der Waals surface area contributed by atoms with Crippen LogP contribution in [0.25, 0.3) is 0 Å². The summed E-state index contributed by atoms with van der Waals surface area (Å²) in [5.41, 5.74) is 1.35. The number of halogens is 3. The monoisotopic (exact) mass is 391 g/mol. The molecule has 2 atom stereocenters. The Balaban J connectivity index is 1.83. The zero-order chi connectivity index (χ0) is 20.3. The molecule has 1 aliphatic rings. The average Bonchev–Trinajstić information content (AvgIpc) is 3.12. The normalized spacial score (nSPS) is 19.6. The Kier molecular flexibility index (Phi) is 5.72. The van der Waals surface area contributed by atoms with Gasteiger partial charge in [-0.2, -0.15) is 13.2 Å². The van der Waals surface area contributed by atoms with Crippen molar-refractivity contribution in [3.63, 3.8) is 0 Å². The number of hydrogen-bond donors (Lipinski definition) is 1. The van der Waals surface area contributed by atoms with Crippen LogP contribution in [-0.2, 0) is 11.2 Å². The number of nitrogens with zero attached hydrogens (tertiary/aromatic N) is 1. The van der Waals surface area contributed by atoms with E-state index in [1.165, 1.54) is 17.0 Å². The zero-order valence-corrected chi connectivity index (χ0v) is 15.0. The summed E-state index contributed by atoms with van der Waals surface area (Å²) in [6, 6.07) is 15.3. The van der Waals surface area contributed by atoms with Gasteiger partial charge in [-0.05, 0) is 23.6 Å². The van der Waals surface area contributed by atoms with E-state index >= 15 is 0 Å². The minimum Gasteiger partial charge on any atom is -0.481 e. The van der Waals surface area contributed by atoms with Crippen molar-refractivity contribution in [2.45, 2.75) is 24.9 Å². The Morgan fingerprint density at radius 2 is 1.64 bits per heavy atom. The molecule has 2 aromatic carbocycles. The largest absolute Gasteiger partial charge is 0.481 e. The van der Waals surface area contributed by atoms with Crippen molar-refractivity contribution in [1.29, 1.82) is 0 Å². The molecular weight excluding hydrogens is 371 g/mol. The summed E-state index contributed by atoms with van der Waals surface area (Å²) in [5.74, 6) is -2.53. The maximum absolute atomic E-state index is 13.0. The molecule has 1 saturated heterocycles. The van der Waals surface area contributed by atoms with E-state index in [1.54, 1.807) is 12.1 Å². The first kappa shape index (κ1) is 19.9. The number of alkyl halides is 3. The molecule has 2 aromatic rings. The van der Waals surface area contributed by atoms with Crippen LogP contribution in [0.1, 0.15) is 33.8 Å². The fourth-order valence-electron chi connectivity index (χ4n) is 3.65. The molecule has 0 unspecified atom stereocenters. The van der Waals surface area contributed by atoms with Gasteiger partial charge in [0.2, 0.25) is 0 Å². The molecule has 0 aromatic heterocycles. The third-order valence-electron chi connectivity index (χ3n) is 5.08. The maximum atomic E-state index is 13.0. The Labute approximate surface area is 160 Å². The number of benzene rings is 2. The number of aryl methyl sites for hydroxylation is 1. The highest BCUT2D eigenvalue weighted by Gasteiger charge is 2.41. The van der Waals surface area contributed by atoms with Crippen LogP contribution >= 0.6 is 0 Å². The second kappa shape index (κ2) is 8.04. The van der Waals surface area contributed by atoms with Gasteiger partial charge < -0.3 is 10.0 Å². The van der Waals surface area contributed by atoms with Crippen molar-refractivity contribution in [1.82, 2.24) is 4.90 Å². The van der Waals surface area contributed by atoms with E-state index in [0.29, 0.717) is 5.56 Å². The highest BCUT2D eigenvalue weighted by Crippen LogP contribution is 2.34. The molecule has 0 bridgehead atoms. The van der Waals surface area contributed by atoms with Crippen LogP contribution in [0, 0.1) is 5.92 Å². The fourth-order valence-corrected chi connectivity index (χ4v) is 3.65. The van der Waals surface area contributed by atoms with Gasteiger partial charge in [-0.25, -0.2) is 0 Å². The Morgan fingerprint density at radius 3 is 2.29 bits per heavy atom. The van der Waals surface area contributed by atoms with Gasteiger partial charge in [0.25, 0.3) is 5.91 Å². The van der Waals surface area contributed by atoms with Crippen LogP contribution in [0.2, 0.25) is 0 Å².